The van der Waals surface area contributed by atoms with Gasteiger partial charge in [-0.05, 0) is 23.3 Å². The van der Waals surface area contributed by atoms with Gasteiger partial charge < -0.3 is 9.47 Å². The minimum atomic E-state index is 0.581. The van der Waals surface area contributed by atoms with Gasteiger partial charge >= 0.3 is 0 Å². The molecule has 0 saturated heterocycles. The van der Waals surface area contributed by atoms with E-state index in [4.69, 9.17) is 9.47 Å². The fourth-order valence-electron chi connectivity index (χ4n) is 2.25. The number of ether oxygens (including phenoxy) is 2. The van der Waals surface area contributed by atoms with Crippen molar-refractivity contribution in [3.63, 3.8) is 0 Å². The molecule has 90 valence electrons. The van der Waals surface area contributed by atoms with Gasteiger partial charge in [0, 0.05) is 5.56 Å². The number of benzene rings is 2. The first kappa shape index (κ1) is 10.9. The fourth-order valence-corrected chi connectivity index (χ4v) is 2.25. The summed E-state index contributed by atoms with van der Waals surface area (Å²) in [6, 6.07) is 16.3. The van der Waals surface area contributed by atoms with Gasteiger partial charge in [0.1, 0.15) is 6.61 Å². The third kappa shape index (κ3) is 1.76. The van der Waals surface area contributed by atoms with Crippen LogP contribution in [0.1, 0.15) is 11.1 Å². The lowest BCUT2D eigenvalue weighted by Crippen LogP contribution is -2.06. The van der Waals surface area contributed by atoms with Crippen LogP contribution in [-0.4, -0.2) is 13.7 Å². The van der Waals surface area contributed by atoms with Gasteiger partial charge in [0.2, 0.25) is 0 Å². The van der Waals surface area contributed by atoms with E-state index in [1.54, 1.807) is 7.11 Å². The van der Waals surface area contributed by atoms with Crippen molar-refractivity contribution < 1.29 is 9.47 Å². The monoisotopic (exact) mass is 238 g/mol. The van der Waals surface area contributed by atoms with Gasteiger partial charge in [0.15, 0.2) is 11.5 Å². The van der Waals surface area contributed by atoms with Crippen molar-refractivity contribution in [1.82, 2.24) is 0 Å². The van der Waals surface area contributed by atoms with E-state index >= 15 is 0 Å². The van der Waals surface area contributed by atoms with Crippen molar-refractivity contribution in [1.29, 1.82) is 0 Å². The zero-order chi connectivity index (χ0) is 12.4. The van der Waals surface area contributed by atoms with Crippen molar-refractivity contribution in [2.75, 3.05) is 13.7 Å². The van der Waals surface area contributed by atoms with Crippen LogP contribution >= 0.6 is 0 Å². The highest BCUT2D eigenvalue weighted by Gasteiger charge is 2.18. The second kappa shape index (κ2) is 4.57. The minimum Gasteiger partial charge on any atom is -0.493 e. The Morgan fingerprint density at radius 3 is 2.61 bits per heavy atom. The molecule has 2 aromatic carbocycles. The third-order valence-electron chi connectivity index (χ3n) is 3.09. The molecule has 3 rings (SSSR count). The Kier molecular flexibility index (Phi) is 2.77. The summed E-state index contributed by atoms with van der Waals surface area (Å²) in [6.07, 6.45) is 2.11. The first-order chi connectivity index (χ1) is 8.90. The van der Waals surface area contributed by atoms with Crippen LogP contribution in [0.25, 0.3) is 5.57 Å². The minimum absolute atomic E-state index is 0.581. The van der Waals surface area contributed by atoms with Gasteiger partial charge in [-0.25, -0.2) is 0 Å². The van der Waals surface area contributed by atoms with Crippen molar-refractivity contribution in [3.05, 3.63) is 65.7 Å². The van der Waals surface area contributed by atoms with Crippen molar-refractivity contribution >= 4 is 5.57 Å². The molecule has 18 heavy (non-hydrogen) atoms. The average Bonchev–Trinajstić information content (AvgIpc) is 2.47. The Morgan fingerprint density at radius 2 is 1.83 bits per heavy atom. The van der Waals surface area contributed by atoms with E-state index in [1.165, 1.54) is 11.1 Å². The van der Waals surface area contributed by atoms with Crippen LogP contribution in [0.3, 0.4) is 0 Å². The smallest absolute Gasteiger partial charge is 0.169 e. The number of hydrogen-bond acceptors (Lipinski definition) is 2. The van der Waals surface area contributed by atoms with E-state index in [2.05, 4.69) is 24.3 Å². The van der Waals surface area contributed by atoms with Gasteiger partial charge in [-0.3, -0.25) is 0 Å². The summed E-state index contributed by atoms with van der Waals surface area (Å²) in [4.78, 5) is 0. The number of rotatable bonds is 2. The van der Waals surface area contributed by atoms with E-state index < -0.39 is 0 Å². The molecule has 0 atom stereocenters. The molecular weight excluding hydrogens is 224 g/mol. The van der Waals surface area contributed by atoms with Crippen molar-refractivity contribution in [3.8, 4) is 11.5 Å². The molecule has 0 bridgehead atoms. The zero-order valence-electron chi connectivity index (χ0n) is 10.2. The standard InChI is InChI=1S/C16H14O2/c1-17-15-9-5-8-14-13(10-11-18-16(14)15)12-6-3-2-4-7-12/h2-10H,11H2,1H3. The van der Waals surface area contributed by atoms with Crippen LogP contribution < -0.4 is 9.47 Å². The first-order valence-electron chi connectivity index (χ1n) is 5.96. The van der Waals surface area contributed by atoms with Gasteiger partial charge in [-0.15, -0.1) is 0 Å². The summed E-state index contributed by atoms with van der Waals surface area (Å²) < 4.78 is 11.0. The summed E-state index contributed by atoms with van der Waals surface area (Å²) in [5, 5.41) is 0. The summed E-state index contributed by atoms with van der Waals surface area (Å²) >= 11 is 0. The molecule has 2 heteroatoms. The molecule has 0 unspecified atom stereocenters. The number of methoxy groups -OCH3 is 1. The van der Waals surface area contributed by atoms with E-state index in [9.17, 15) is 0 Å². The molecular formula is C16H14O2. The van der Waals surface area contributed by atoms with Crippen molar-refractivity contribution in [2.24, 2.45) is 0 Å². The van der Waals surface area contributed by atoms with Gasteiger partial charge in [0.25, 0.3) is 0 Å². The Hall–Kier alpha value is -2.22. The van der Waals surface area contributed by atoms with Gasteiger partial charge in [0.05, 0.1) is 7.11 Å². The molecule has 2 nitrogen and oxygen atoms in total. The molecule has 1 aliphatic heterocycles. The van der Waals surface area contributed by atoms with Crippen molar-refractivity contribution in [2.45, 2.75) is 0 Å². The maximum atomic E-state index is 5.70. The van der Waals surface area contributed by atoms with Gasteiger partial charge in [-0.1, -0.05) is 42.5 Å². The molecule has 0 fully saturated rings. The number of fused-ring (bicyclic) bond motifs is 1. The fraction of sp³-hybridized carbons (Fsp3) is 0.125. The number of hydrogen-bond donors (Lipinski definition) is 0. The molecule has 2 aromatic rings. The highest BCUT2D eigenvalue weighted by atomic mass is 16.5. The van der Waals surface area contributed by atoms with E-state index in [1.807, 2.05) is 30.3 Å². The maximum absolute atomic E-state index is 5.70. The molecule has 0 aromatic heterocycles. The molecule has 0 saturated carbocycles. The van der Waals surface area contributed by atoms with E-state index in [0.29, 0.717) is 6.61 Å². The summed E-state index contributed by atoms with van der Waals surface area (Å²) in [7, 11) is 1.67. The highest BCUT2D eigenvalue weighted by molar-refractivity contribution is 5.85. The average molecular weight is 238 g/mol. The summed E-state index contributed by atoms with van der Waals surface area (Å²) in [6.45, 7) is 0.581. The molecule has 0 N–H and O–H groups in total. The Bertz CT molecular complexity index is 585. The maximum Gasteiger partial charge on any atom is 0.169 e. The Labute approximate surface area is 106 Å². The topological polar surface area (TPSA) is 18.5 Å². The largest absolute Gasteiger partial charge is 0.493 e. The van der Waals surface area contributed by atoms with Crippen LogP contribution in [0.2, 0.25) is 0 Å². The molecule has 1 aliphatic rings. The van der Waals surface area contributed by atoms with Crippen LogP contribution in [-0.2, 0) is 0 Å². The summed E-state index contributed by atoms with van der Waals surface area (Å²) in [5.41, 5.74) is 3.50. The third-order valence-corrected chi connectivity index (χ3v) is 3.09. The van der Waals surface area contributed by atoms with Crippen LogP contribution in [0.15, 0.2) is 54.6 Å². The predicted octanol–water partition coefficient (Wildman–Crippen LogP) is 3.52. The molecule has 1 heterocycles. The van der Waals surface area contributed by atoms with Gasteiger partial charge in [-0.2, -0.15) is 0 Å². The Morgan fingerprint density at radius 1 is 1.00 bits per heavy atom. The van der Waals surface area contributed by atoms with E-state index in [0.717, 1.165) is 17.1 Å². The molecule has 0 amide bonds. The SMILES string of the molecule is COc1cccc2c1OCC=C2c1ccccc1. The van der Waals surface area contributed by atoms with Crippen LogP contribution in [0, 0.1) is 0 Å². The van der Waals surface area contributed by atoms with Crippen LogP contribution in [0.4, 0.5) is 0 Å². The lowest BCUT2D eigenvalue weighted by molar-refractivity contribution is 0.322. The second-order valence-corrected chi connectivity index (χ2v) is 4.13. The lowest BCUT2D eigenvalue weighted by atomic mass is 9.95. The normalized spacial score (nSPS) is 13.3. The zero-order valence-corrected chi connectivity index (χ0v) is 10.2. The van der Waals surface area contributed by atoms with Crippen LogP contribution in [0.5, 0.6) is 11.5 Å². The highest BCUT2D eigenvalue weighted by Crippen LogP contribution is 2.40. The first-order valence-corrected chi connectivity index (χ1v) is 5.96. The lowest BCUT2D eigenvalue weighted by Gasteiger charge is -2.20. The molecule has 0 radical (unpaired) electrons. The quantitative estimate of drug-likeness (QED) is 0.797. The predicted molar refractivity (Wildman–Crippen MR) is 72.0 cm³/mol. The van der Waals surface area contributed by atoms with E-state index in [-0.39, 0.29) is 0 Å². The number of para-hydroxylation sites is 1. The Balaban J connectivity index is 2.14. The summed E-state index contributed by atoms with van der Waals surface area (Å²) in [5.74, 6) is 1.62. The molecule has 0 aliphatic carbocycles. The molecule has 0 spiro atoms. The second-order valence-electron chi connectivity index (χ2n) is 4.13.